The van der Waals surface area contributed by atoms with E-state index < -0.39 is 0 Å². The molecule has 2 atom stereocenters. The number of hydrogen-bond donors (Lipinski definition) is 1. The van der Waals surface area contributed by atoms with Crippen LogP contribution >= 0.6 is 15.9 Å². The lowest BCUT2D eigenvalue weighted by atomic mass is 10.1. The van der Waals surface area contributed by atoms with Crippen LogP contribution in [0.2, 0.25) is 0 Å². The van der Waals surface area contributed by atoms with Gasteiger partial charge in [0.2, 0.25) is 5.91 Å². The zero-order valence-electron chi connectivity index (χ0n) is 9.25. The van der Waals surface area contributed by atoms with Gasteiger partial charge in [-0.15, -0.1) is 0 Å². The molecule has 0 aliphatic heterocycles. The van der Waals surface area contributed by atoms with E-state index in [9.17, 15) is 9.18 Å². The summed E-state index contributed by atoms with van der Waals surface area (Å²) in [5.41, 5.74) is 0.905. The fourth-order valence-electron chi connectivity index (χ4n) is 1.90. The van der Waals surface area contributed by atoms with E-state index in [-0.39, 0.29) is 23.6 Å². The first kappa shape index (κ1) is 12.3. The first-order chi connectivity index (χ1) is 8.08. The minimum Gasteiger partial charge on any atom is -0.351 e. The third kappa shape index (κ3) is 3.16. The smallest absolute Gasteiger partial charge is 0.224 e. The normalized spacial score (nSPS) is 22.0. The van der Waals surface area contributed by atoms with E-state index in [0.717, 1.165) is 16.5 Å². The molecule has 1 aromatic rings. The van der Waals surface area contributed by atoms with Gasteiger partial charge in [0.15, 0.2) is 0 Å². The number of benzene rings is 1. The van der Waals surface area contributed by atoms with E-state index in [0.29, 0.717) is 6.54 Å². The molecule has 2 nitrogen and oxygen atoms in total. The van der Waals surface area contributed by atoms with Crippen LogP contribution in [-0.4, -0.2) is 12.5 Å². The molecule has 0 bridgehead atoms. The second-order valence-corrected chi connectivity index (χ2v) is 5.36. The quantitative estimate of drug-likeness (QED) is 0.910. The molecular weight excluding hydrogens is 285 g/mol. The van der Waals surface area contributed by atoms with Gasteiger partial charge in [0.1, 0.15) is 5.82 Å². The predicted molar refractivity (Wildman–Crippen MR) is 68.3 cm³/mol. The highest BCUT2D eigenvalue weighted by Crippen LogP contribution is 2.47. The van der Waals surface area contributed by atoms with E-state index in [1.807, 2.05) is 6.07 Å². The summed E-state index contributed by atoms with van der Waals surface area (Å²) in [5, 5.41) is 2.78. The summed E-state index contributed by atoms with van der Waals surface area (Å²) in [6, 6.07) is 6.46. The summed E-state index contributed by atoms with van der Waals surface area (Å²) >= 11 is 3.18. The van der Waals surface area contributed by atoms with Crippen molar-refractivity contribution in [3.8, 4) is 0 Å². The van der Waals surface area contributed by atoms with Crippen LogP contribution in [0.25, 0.3) is 0 Å². The molecule has 1 aliphatic rings. The minimum absolute atomic E-state index is 0.0138. The second kappa shape index (κ2) is 5.00. The van der Waals surface area contributed by atoms with Crippen LogP contribution in [0.1, 0.15) is 17.9 Å². The van der Waals surface area contributed by atoms with Crippen molar-refractivity contribution in [3.63, 3.8) is 0 Å². The summed E-state index contributed by atoms with van der Waals surface area (Å²) < 4.78 is 13.8. The highest BCUT2D eigenvalue weighted by atomic mass is 79.9. The van der Waals surface area contributed by atoms with Crippen molar-refractivity contribution in [2.45, 2.75) is 12.3 Å². The molecule has 1 fully saturated rings. The van der Waals surface area contributed by atoms with Crippen molar-refractivity contribution in [2.24, 2.45) is 5.92 Å². The zero-order valence-corrected chi connectivity index (χ0v) is 10.8. The van der Waals surface area contributed by atoms with Crippen LogP contribution in [0.3, 0.4) is 0 Å². The molecule has 0 aromatic heterocycles. The van der Waals surface area contributed by atoms with E-state index in [4.69, 9.17) is 0 Å². The topological polar surface area (TPSA) is 29.1 Å². The standard InChI is InChI=1S/C13H13BrFNO/c1-8(14)7-16-13(17)12-6-11(12)9-3-2-4-10(15)5-9/h2-5,11-12H,1,6-7H2,(H,16,17)/t11-,12-/m1/s1. The van der Waals surface area contributed by atoms with Crippen molar-refractivity contribution in [2.75, 3.05) is 6.54 Å². The Hall–Kier alpha value is -1.16. The van der Waals surface area contributed by atoms with Crippen molar-refractivity contribution < 1.29 is 9.18 Å². The van der Waals surface area contributed by atoms with Crippen molar-refractivity contribution >= 4 is 21.8 Å². The second-order valence-electron chi connectivity index (χ2n) is 4.24. The Kier molecular flexibility index (Phi) is 3.62. The molecule has 2 rings (SSSR count). The molecule has 1 aliphatic carbocycles. The number of rotatable bonds is 4. The first-order valence-electron chi connectivity index (χ1n) is 5.44. The molecule has 1 saturated carbocycles. The molecule has 0 heterocycles. The Bertz CT molecular complexity index is 460. The molecule has 1 amide bonds. The molecule has 0 spiro atoms. The Labute approximate surface area is 108 Å². The number of carbonyl (C=O) groups is 1. The van der Waals surface area contributed by atoms with E-state index in [1.165, 1.54) is 12.1 Å². The van der Waals surface area contributed by atoms with Crippen LogP contribution < -0.4 is 5.32 Å². The molecule has 90 valence electrons. The van der Waals surface area contributed by atoms with Crippen LogP contribution in [0, 0.1) is 11.7 Å². The Morgan fingerprint density at radius 1 is 1.59 bits per heavy atom. The van der Waals surface area contributed by atoms with Crippen molar-refractivity contribution in [1.82, 2.24) is 5.32 Å². The van der Waals surface area contributed by atoms with Gasteiger partial charge >= 0.3 is 0 Å². The molecule has 17 heavy (non-hydrogen) atoms. The molecule has 1 N–H and O–H groups in total. The van der Waals surface area contributed by atoms with Gasteiger partial charge in [-0.25, -0.2) is 4.39 Å². The van der Waals surface area contributed by atoms with E-state index >= 15 is 0 Å². The maximum absolute atomic E-state index is 13.0. The maximum atomic E-state index is 13.0. The third-order valence-corrected chi connectivity index (χ3v) is 3.14. The van der Waals surface area contributed by atoms with E-state index in [1.54, 1.807) is 6.07 Å². The maximum Gasteiger partial charge on any atom is 0.224 e. The van der Waals surface area contributed by atoms with Gasteiger partial charge in [0, 0.05) is 16.9 Å². The lowest BCUT2D eigenvalue weighted by Crippen LogP contribution is -2.26. The highest BCUT2D eigenvalue weighted by Gasteiger charge is 2.43. The van der Waals surface area contributed by atoms with Gasteiger partial charge in [-0.05, 0) is 30.0 Å². The van der Waals surface area contributed by atoms with Crippen LogP contribution in [0.5, 0.6) is 0 Å². The monoisotopic (exact) mass is 297 g/mol. The Morgan fingerprint density at radius 3 is 3.00 bits per heavy atom. The number of amides is 1. The van der Waals surface area contributed by atoms with E-state index in [2.05, 4.69) is 27.8 Å². The van der Waals surface area contributed by atoms with Crippen molar-refractivity contribution in [3.05, 3.63) is 46.7 Å². The van der Waals surface area contributed by atoms with Gasteiger partial charge in [0.05, 0.1) is 0 Å². The lowest BCUT2D eigenvalue weighted by molar-refractivity contribution is -0.122. The third-order valence-electron chi connectivity index (χ3n) is 2.86. The predicted octanol–water partition coefficient (Wildman–Crippen LogP) is 2.95. The first-order valence-corrected chi connectivity index (χ1v) is 6.23. The summed E-state index contributed by atoms with van der Waals surface area (Å²) in [6.45, 7) is 4.08. The molecule has 0 saturated heterocycles. The Balaban J connectivity index is 1.92. The van der Waals surface area contributed by atoms with Gasteiger partial charge in [-0.2, -0.15) is 0 Å². The molecule has 0 unspecified atom stereocenters. The fraction of sp³-hybridized carbons (Fsp3) is 0.308. The highest BCUT2D eigenvalue weighted by molar-refractivity contribution is 9.11. The van der Waals surface area contributed by atoms with Crippen molar-refractivity contribution in [1.29, 1.82) is 0 Å². The molecular formula is C13H13BrFNO. The zero-order chi connectivity index (χ0) is 12.4. The fourth-order valence-corrected chi connectivity index (χ4v) is 2.04. The van der Waals surface area contributed by atoms with Crippen LogP contribution in [-0.2, 0) is 4.79 Å². The summed E-state index contributed by atoms with van der Waals surface area (Å²) in [5.74, 6) is -0.0970. The number of halogens is 2. The number of hydrogen-bond acceptors (Lipinski definition) is 1. The van der Waals surface area contributed by atoms with Gasteiger partial charge in [0.25, 0.3) is 0 Å². The summed E-state index contributed by atoms with van der Waals surface area (Å²) in [6.07, 6.45) is 0.796. The Morgan fingerprint density at radius 2 is 2.35 bits per heavy atom. The lowest BCUT2D eigenvalue weighted by Gasteiger charge is -2.03. The number of carbonyl (C=O) groups excluding carboxylic acids is 1. The summed E-state index contributed by atoms with van der Waals surface area (Å²) in [7, 11) is 0. The molecule has 4 heteroatoms. The van der Waals surface area contributed by atoms with Gasteiger partial charge in [-0.3, -0.25) is 4.79 Å². The average molecular weight is 298 g/mol. The molecule has 1 aromatic carbocycles. The largest absolute Gasteiger partial charge is 0.351 e. The van der Waals surface area contributed by atoms with Gasteiger partial charge < -0.3 is 5.32 Å². The van der Waals surface area contributed by atoms with Crippen LogP contribution in [0.4, 0.5) is 4.39 Å². The average Bonchev–Trinajstić information content (AvgIpc) is 3.05. The summed E-state index contributed by atoms with van der Waals surface area (Å²) in [4.78, 5) is 11.7. The number of nitrogens with one attached hydrogen (secondary N) is 1. The van der Waals surface area contributed by atoms with Crippen LogP contribution in [0.15, 0.2) is 35.3 Å². The SMILES string of the molecule is C=C(Br)CNC(=O)[C@@H]1C[C@@H]1c1cccc(F)c1. The van der Waals surface area contributed by atoms with Gasteiger partial charge in [-0.1, -0.05) is 34.6 Å². The molecule has 0 radical (unpaired) electrons. The minimum atomic E-state index is -0.248.